The molecule has 0 N–H and O–H groups in total. The van der Waals surface area contributed by atoms with Crippen LogP contribution >= 0.6 is 0 Å². The second kappa shape index (κ2) is 20.4. The average Bonchev–Trinajstić information content (AvgIpc) is 1.49. The van der Waals surface area contributed by atoms with Gasteiger partial charge in [-0.2, -0.15) is 0 Å². The molecular weight excluding hydrogens is 1540 g/mol. The Bertz CT molecular complexity index is 10400. The van der Waals surface area contributed by atoms with Gasteiger partial charge in [0.05, 0.1) is 66.2 Å². The first-order chi connectivity index (χ1) is 63.6. The SMILES string of the molecule is c1ccc(-c2cc3c4c5c2c2cccc6c7ccc8c(c7n5c62)B4c2c-8cccc2-3)cc1.c1ccc(-c2cc3c4ccc5c6c4n4c7c8c(ccc7c(c2)c34)-c2cccc-5c2B68)cc1.c1ccc(-c2cc3c4cccc5c6ccc7c8c6n(c3c3c2-c2cccc-7c2B83)c54)cc1.c1ccc(-c2ccc3c4c2-c2ccc5c6cccc7c8ccc-3c3c8n(c5c2B43)c76)cc1. The lowest BCUT2D eigenvalue weighted by Gasteiger charge is -2.20. The van der Waals surface area contributed by atoms with Crippen molar-refractivity contribution in [2.75, 3.05) is 0 Å². The molecule has 0 radical (unpaired) electrons. The van der Waals surface area contributed by atoms with E-state index in [1.807, 2.05) is 0 Å². The van der Waals surface area contributed by atoms with Gasteiger partial charge < -0.3 is 17.6 Å². The summed E-state index contributed by atoms with van der Waals surface area (Å²) in [5.41, 5.74) is 69.3. The molecule has 4 nitrogen and oxygen atoms in total. The molecule has 0 unspecified atom stereocenters. The van der Waals surface area contributed by atoms with E-state index in [9.17, 15) is 0 Å². The lowest BCUT2D eigenvalue weighted by Crippen LogP contribution is -2.48. The van der Waals surface area contributed by atoms with Crippen LogP contribution in [-0.2, 0) is 0 Å². The van der Waals surface area contributed by atoms with Crippen molar-refractivity contribution in [2.24, 2.45) is 0 Å². The van der Waals surface area contributed by atoms with Crippen LogP contribution in [0.15, 0.2) is 340 Å². The van der Waals surface area contributed by atoms with Gasteiger partial charge in [-0.1, -0.05) is 337 Å². The second-order valence-corrected chi connectivity index (χ2v) is 38.6. The molecule has 0 aliphatic carbocycles. The van der Waals surface area contributed by atoms with Gasteiger partial charge in [-0.05, 0) is 201 Å². The summed E-state index contributed by atoms with van der Waals surface area (Å²) in [7, 11) is 0. The minimum absolute atomic E-state index is 0.373. The van der Waals surface area contributed by atoms with Crippen LogP contribution in [0.4, 0.5) is 0 Å². The molecule has 12 aliphatic heterocycles. The van der Waals surface area contributed by atoms with E-state index in [-0.39, 0.29) is 0 Å². The minimum atomic E-state index is 0.373. The summed E-state index contributed by atoms with van der Waals surface area (Å²) in [6.07, 6.45) is 0. The lowest BCUT2D eigenvalue weighted by atomic mass is 9.40. The first-order valence-electron chi connectivity index (χ1n) is 45.7. The van der Waals surface area contributed by atoms with Gasteiger partial charge in [0, 0.05) is 86.2 Å². The first kappa shape index (κ1) is 62.9. The molecule has 8 aromatic heterocycles. The molecule has 28 aromatic rings. The van der Waals surface area contributed by atoms with Crippen molar-refractivity contribution in [3.05, 3.63) is 340 Å². The number of aromatic nitrogens is 4. The standard InChI is InChI=1S/4C30H14BN/c1-2-6-15(7-3-1)22-14-23-19-10-5-9-18-20-13-12-17-16-8-4-11-21-24(22)27-30(23)32(28(18)19)29(20)26(17)31(27)25(16)21;1-2-6-15(7-3-1)22-14-23-17-9-4-8-16-18-12-13-20-19-10-5-11-21-24(22)30-27(23)31(25(16)17)26(18)29(20)32(30)28(19)21;1-2-5-15(6-3-1)16-13-23-21-11-9-19-17-7-4-8-18-20-10-12-22-24(14-16)28(23)32-29(21)26(19)31(25(17)18)27(20)30(22)32;1-2-5-15(6-3-1)16-9-10-17-18-11-12-21-19-7-4-8-20-22-13-14-23-24(16)25(17)31-26(18)29(21)32(28(19)20)30(22)27(23)31/h4*1-14H. The third-order valence-electron chi connectivity index (χ3n) is 33.9. The third kappa shape index (κ3) is 6.40. The molecule has 40 rings (SSSR count). The number of nitrogens with zero attached hydrogens (tertiary/aromatic N) is 4. The van der Waals surface area contributed by atoms with Crippen LogP contribution in [0.1, 0.15) is 0 Å². The maximum Gasteiger partial charge on any atom is 0.249 e. The van der Waals surface area contributed by atoms with Crippen molar-refractivity contribution in [3.63, 3.8) is 0 Å². The molecule has 0 atom stereocenters. The van der Waals surface area contributed by atoms with Gasteiger partial charge in [0.1, 0.15) is 0 Å². The fourth-order valence-corrected chi connectivity index (χ4v) is 29.8. The zero-order valence-electron chi connectivity index (χ0n) is 68.4. The Morgan fingerprint density at radius 1 is 0.125 bits per heavy atom. The molecule has 0 fully saturated rings. The summed E-state index contributed by atoms with van der Waals surface area (Å²) in [4.78, 5) is 0. The topological polar surface area (TPSA) is 17.6 Å². The van der Waals surface area contributed by atoms with Crippen molar-refractivity contribution in [2.45, 2.75) is 0 Å². The first-order valence-corrected chi connectivity index (χ1v) is 45.7. The molecule has 0 spiro atoms. The number of hydrogen-bond donors (Lipinski definition) is 0. The van der Waals surface area contributed by atoms with E-state index in [0.717, 1.165) is 0 Å². The summed E-state index contributed by atoms with van der Waals surface area (Å²) < 4.78 is 10.5. The Morgan fingerprint density at radius 2 is 0.391 bits per heavy atom. The zero-order chi connectivity index (χ0) is 81.2. The van der Waals surface area contributed by atoms with E-state index in [1.54, 1.807) is 21.9 Å². The van der Waals surface area contributed by atoms with E-state index in [0.29, 0.717) is 26.9 Å². The van der Waals surface area contributed by atoms with Crippen molar-refractivity contribution in [1.82, 2.24) is 17.6 Å². The third-order valence-corrected chi connectivity index (χ3v) is 33.9. The Morgan fingerprint density at radius 3 is 0.867 bits per heavy atom. The van der Waals surface area contributed by atoms with Crippen molar-refractivity contribution in [1.29, 1.82) is 0 Å². The highest BCUT2D eigenvalue weighted by molar-refractivity contribution is 7.08. The van der Waals surface area contributed by atoms with Crippen LogP contribution in [0.25, 0.3) is 286 Å². The quantitative estimate of drug-likeness (QED) is 0.156. The largest absolute Gasteiger partial charge is 0.309 e. The van der Waals surface area contributed by atoms with E-state index in [1.165, 1.54) is 330 Å². The summed E-state index contributed by atoms with van der Waals surface area (Å²) in [5, 5.41) is 22.4. The molecule has 20 aromatic carbocycles. The highest BCUT2D eigenvalue weighted by atomic mass is 15.0. The van der Waals surface area contributed by atoms with Crippen molar-refractivity contribution >= 4 is 245 Å². The van der Waals surface area contributed by atoms with Crippen molar-refractivity contribution in [3.8, 4) is 134 Å². The Balaban J connectivity index is 0.0000000737. The molecule has 0 saturated heterocycles. The molecule has 20 heterocycles. The predicted molar refractivity (Wildman–Crippen MR) is 542 cm³/mol. The molecular formula is C120H56B4N4. The molecule has 568 valence electrons. The normalized spacial score (nSPS) is 14.2. The summed E-state index contributed by atoms with van der Waals surface area (Å²) in [6.45, 7) is 1.54. The Kier molecular flexibility index (Phi) is 10.0. The van der Waals surface area contributed by atoms with Crippen LogP contribution in [0, 0.1) is 0 Å². The smallest absolute Gasteiger partial charge is 0.249 e. The lowest BCUT2D eigenvalue weighted by molar-refractivity contribution is 1.38. The predicted octanol–water partition coefficient (Wildman–Crippen LogP) is 21.2. The number of rotatable bonds is 4. The van der Waals surface area contributed by atoms with Crippen LogP contribution in [0.3, 0.4) is 0 Å². The number of hydrogen-bond acceptors (Lipinski definition) is 0. The van der Waals surface area contributed by atoms with Gasteiger partial charge in [0.15, 0.2) is 0 Å². The number of para-hydroxylation sites is 3. The van der Waals surface area contributed by atoms with Crippen LogP contribution in [0.2, 0.25) is 0 Å². The molecule has 0 amide bonds. The monoisotopic (exact) mass is 1600 g/mol. The van der Waals surface area contributed by atoms with E-state index >= 15 is 0 Å². The van der Waals surface area contributed by atoms with Gasteiger partial charge in [-0.25, -0.2) is 0 Å². The van der Waals surface area contributed by atoms with E-state index < -0.39 is 0 Å². The van der Waals surface area contributed by atoms with E-state index in [4.69, 9.17) is 0 Å². The molecule has 8 heteroatoms. The van der Waals surface area contributed by atoms with Gasteiger partial charge >= 0.3 is 0 Å². The summed E-state index contributed by atoms with van der Waals surface area (Å²) in [5.74, 6) is 0. The van der Waals surface area contributed by atoms with Crippen LogP contribution in [-0.4, -0.2) is 44.5 Å². The fourth-order valence-electron chi connectivity index (χ4n) is 29.8. The fraction of sp³-hybridized carbons (Fsp3) is 0. The van der Waals surface area contributed by atoms with Gasteiger partial charge in [0.2, 0.25) is 26.9 Å². The zero-order valence-corrected chi connectivity index (χ0v) is 68.4. The van der Waals surface area contributed by atoms with Crippen LogP contribution in [0.5, 0.6) is 0 Å². The highest BCUT2D eigenvalue weighted by Crippen LogP contribution is 2.56. The Hall–Kier alpha value is -16.1. The van der Waals surface area contributed by atoms with E-state index in [2.05, 4.69) is 357 Å². The Labute approximate surface area is 730 Å². The number of benzene rings is 20. The minimum Gasteiger partial charge on any atom is -0.309 e. The highest BCUT2D eigenvalue weighted by Gasteiger charge is 2.54. The maximum absolute atomic E-state index is 2.63. The molecule has 0 saturated carbocycles. The molecule has 128 heavy (non-hydrogen) atoms. The number of fused-ring (bicyclic) bond motifs is 16. The summed E-state index contributed by atoms with van der Waals surface area (Å²) in [6, 6.07) is 128. The maximum atomic E-state index is 2.63. The summed E-state index contributed by atoms with van der Waals surface area (Å²) >= 11 is 0. The van der Waals surface area contributed by atoms with Crippen molar-refractivity contribution < 1.29 is 0 Å². The second-order valence-electron chi connectivity index (χ2n) is 38.6. The molecule has 0 bridgehead atoms. The van der Waals surface area contributed by atoms with Gasteiger partial charge in [-0.15, -0.1) is 0 Å². The van der Waals surface area contributed by atoms with Gasteiger partial charge in [-0.3, -0.25) is 0 Å². The van der Waals surface area contributed by atoms with Crippen LogP contribution < -0.4 is 65.6 Å². The molecule has 12 aliphatic rings. The average molecular weight is 1600 g/mol. The van der Waals surface area contributed by atoms with Gasteiger partial charge in [0.25, 0.3) is 0 Å².